The van der Waals surface area contributed by atoms with E-state index < -0.39 is 0 Å². The highest BCUT2D eigenvalue weighted by Gasteiger charge is 2.25. The molecule has 1 rings (SSSR count). The smallest absolute Gasteiger partial charge is 0.242 e. The summed E-state index contributed by atoms with van der Waals surface area (Å²) in [6.45, 7) is 4.72. The van der Waals surface area contributed by atoms with E-state index in [0.29, 0.717) is 11.2 Å². The highest BCUT2D eigenvalue weighted by molar-refractivity contribution is 7.80. The first kappa shape index (κ1) is 12.2. The summed E-state index contributed by atoms with van der Waals surface area (Å²) in [6, 6.07) is 0.140. The van der Waals surface area contributed by atoms with Crippen molar-refractivity contribution < 1.29 is 4.79 Å². The van der Waals surface area contributed by atoms with Crippen molar-refractivity contribution in [2.24, 2.45) is 0 Å². The van der Waals surface area contributed by atoms with Gasteiger partial charge in [-0.25, -0.2) is 0 Å². The van der Waals surface area contributed by atoms with Crippen molar-refractivity contribution in [3.63, 3.8) is 0 Å². The Kier molecular flexibility index (Phi) is 4.81. The maximum absolute atomic E-state index is 11.5. The fourth-order valence-electron chi connectivity index (χ4n) is 1.11. The lowest BCUT2D eigenvalue weighted by molar-refractivity contribution is -0.122. The van der Waals surface area contributed by atoms with Crippen LogP contribution < -0.4 is 16.0 Å². The van der Waals surface area contributed by atoms with Crippen molar-refractivity contribution >= 4 is 23.2 Å². The highest BCUT2D eigenvalue weighted by Crippen LogP contribution is 2.18. The van der Waals surface area contributed by atoms with Crippen molar-refractivity contribution in [1.29, 1.82) is 0 Å². The van der Waals surface area contributed by atoms with Crippen LogP contribution in [-0.4, -0.2) is 29.6 Å². The summed E-state index contributed by atoms with van der Waals surface area (Å²) in [5, 5.41) is 9.46. The lowest BCUT2D eigenvalue weighted by Gasteiger charge is -2.16. The number of rotatable bonds is 5. The molecule has 86 valence electrons. The van der Waals surface area contributed by atoms with Crippen molar-refractivity contribution in [2.45, 2.75) is 45.2 Å². The van der Waals surface area contributed by atoms with E-state index in [2.05, 4.69) is 22.9 Å². The third-order valence-corrected chi connectivity index (χ3v) is 2.46. The largest absolute Gasteiger partial charge is 0.363 e. The Labute approximate surface area is 96.2 Å². The van der Waals surface area contributed by atoms with Crippen molar-refractivity contribution in [1.82, 2.24) is 16.0 Å². The average molecular weight is 229 g/mol. The summed E-state index contributed by atoms with van der Waals surface area (Å²) in [5.41, 5.74) is 0. The van der Waals surface area contributed by atoms with Crippen LogP contribution in [0.25, 0.3) is 0 Å². The standard InChI is InChI=1S/C10H19N3OS/c1-3-6-11-10(15)12-7(2)9(14)13-8-4-5-8/h7-8H,3-6H2,1-2H3,(H,13,14)(H2,11,12,15). The summed E-state index contributed by atoms with van der Waals surface area (Å²) in [7, 11) is 0. The monoisotopic (exact) mass is 229 g/mol. The van der Waals surface area contributed by atoms with Gasteiger partial charge in [-0.2, -0.15) is 0 Å². The molecule has 1 aliphatic rings. The van der Waals surface area contributed by atoms with Gasteiger partial charge in [0.05, 0.1) is 0 Å². The van der Waals surface area contributed by atoms with Gasteiger partial charge in [-0.1, -0.05) is 6.92 Å². The van der Waals surface area contributed by atoms with Gasteiger partial charge < -0.3 is 16.0 Å². The molecule has 1 unspecified atom stereocenters. The average Bonchev–Trinajstić information content (AvgIpc) is 2.98. The normalized spacial score (nSPS) is 16.7. The first-order valence-corrected chi connectivity index (χ1v) is 5.89. The van der Waals surface area contributed by atoms with E-state index in [0.717, 1.165) is 25.8 Å². The zero-order valence-electron chi connectivity index (χ0n) is 9.30. The number of nitrogens with one attached hydrogen (secondary N) is 3. The van der Waals surface area contributed by atoms with Crippen LogP contribution in [0.1, 0.15) is 33.1 Å². The fourth-order valence-corrected chi connectivity index (χ4v) is 1.38. The van der Waals surface area contributed by atoms with Gasteiger partial charge in [0.15, 0.2) is 5.11 Å². The zero-order chi connectivity index (χ0) is 11.3. The molecule has 1 amide bonds. The molecule has 0 aromatic heterocycles. The van der Waals surface area contributed by atoms with E-state index in [1.54, 1.807) is 0 Å². The number of carbonyl (C=O) groups excluding carboxylic acids is 1. The Bertz CT molecular complexity index is 241. The SMILES string of the molecule is CCCNC(=S)NC(C)C(=O)NC1CC1. The minimum absolute atomic E-state index is 0.0261. The summed E-state index contributed by atoms with van der Waals surface area (Å²) < 4.78 is 0. The number of carbonyl (C=O) groups is 1. The van der Waals surface area contributed by atoms with Crippen LogP contribution >= 0.6 is 12.2 Å². The van der Waals surface area contributed by atoms with Gasteiger partial charge in [0.2, 0.25) is 5.91 Å². The molecule has 5 heteroatoms. The van der Waals surface area contributed by atoms with Crippen LogP contribution in [0, 0.1) is 0 Å². The molecule has 0 heterocycles. The first-order valence-electron chi connectivity index (χ1n) is 5.48. The van der Waals surface area contributed by atoms with E-state index in [1.807, 2.05) is 6.92 Å². The Hall–Kier alpha value is -0.840. The molecule has 0 saturated heterocycles. The minimum atomic E-state index is -0.262. The summed E-state index contributed by atoms with van der Waals surface area (Å²) in [6.07, 6.45) is 3.23. The molecule has 0 aromatic carbocycles. The van der Waals surface area contributed by atoms with E-state index in [-0.39, 0.29) is 11.9 Å². The molecule has 3 N–H and O–H groups in total. The van der Waals surface area contributed by atoms with Gasteiger partial charge in [-0.3, -0.25) is 4.79 Å². The maximum atomic E-state index is 11.5. The zero-order valence-corrected chi connectivity index (χ0v) is 10.1. The maximum Gasteiger partial charge on any atom is 0.242 e. The van der Waals surface area contributed by atoms with E-state index in [4.69, 9.17) is 12.2 Å². The van der Waals surface area contributed by atoms with Gasteiger partial charge in [0, 0.05) is 12.6 Å². The Morgan fingerprint density at radius 3 is 2.73 bits per heavy atom. The predicted octanol–water partition coefficient (Wildman–Crippen LogP) is 0.528. The van der Waals surface area contributed by atoms with Crippen LogP contribution in [0.5, 0.6) is 0 Å². The molecule has 15 heavy (non-hydrogen) atoms. The van der Waals surface area contributed by atoms with Crippen molar-refractivity contribution in [3.05, 3.63) is 0 Å². The molecule has 1 atom stereocenters. The van der Waals surface area contributed by atoms with Gasteiger partial charge in [0.1, 0.15) is 6.04 Å². The van der Waals surface area contributed by atoms with Gasteiger partial charge in [0.25, 0.3) is 0 Å². The molecule has 4 nitrogen and oxygen atoms in total. The van der Waals surface area contributed by atoms with Crippen LogP contribution in [0.15, 0.2) is 0 Å². The summed E-state index contributed by atoms with van der Waals surface area (Å²) >= 11 is 5.04. The minimum Gasteiger partial charge on any atom is -0.363 e. The molecule has 0 aromatic rings. The summed E-state index contributed by atoms with van der Waals surface area (Å²) in [4.78, 5) is 11.5. The Morgan fingerprint density at radius 1 is 1.53 bits per heavy atom. The number of hydrogen-bond acceptors (Lipinski definition) is 2. The molecule has 0 aliphatic heterocycles. The topological polar surface area (TPSA) is 53.2 Å². The van der Waals surface area contributed by atoms with E-state index >= 15 is 0 Å². The Morgan fingerprint density at radius 2 is 2.20 bits per heavy atom. The molecule has 0 radical (unpaired) electrons. The van der Waals surface area contributed by atoms with E-state index in [1.165, 1.54) is 0 Å². The molecular weight excluding hydrogens is 210 g/mol. The summed E-state index contributed by atoms with van der Waals surface area (Å²) in [5.74, 6) is 0.0261. The fraction of sp³-hybridized carbons (Fsp3) is 0.800. The second kappa shape index (κ2) is 5.90. The number of thiocarbonyl (C=S) groups is 1. The highest BCUT2D eigenvalue weighted by atomic mass is 32.1. The van der Waals surface area contributed by atoms with Gasteiger partial charge in [-0.05, 0) is 38.4 Å². The molecule has 1 saturated carbocycles. The van der Waals surface area contributed by atoms with Crippen LogP contribution in [0.2, 0.25) is 0 Å². The second-order valence-electron chi connectivity index (χ2n) is 3.90. The predicted molar refractivity (Wildman–Crippen MR) is 64.7 cm³/mol. The number of hydrogen-bond donors (Lipinski definition) is 3. The molecule has 1 aliphatic carbocycles. The Balaban J connectivity index is 2.17. The third-order valence-electron chi connectivity index (χ3n) is 2.20. The van der Waals surface area contributed by atoms with Crippen LogP contribution in [0.4, 0.5) is 0 Å². The van der Waals surface area contributed by atoms with Crippen molar-refractivity contribution in [2.75, 3.05) is 6.54 Å². The van der Waals surface area contributed by atoms with Crippen LogP contribution in [-0.2, 0) is 4.79 Å². The lowest BCUT2D eigenvalue weighted by Crippen LogP contribution is -2.48. The molecule has 0 spiro atoms. The molecule has 0 bridgehead atoms. The van der Waals surface area contributed by atoms with Crippen LogP contribution in [0.3, 0.4) is 0 Å². The first-order chi connectivity index (χ1) is 7.13. The second-order valence-corrected chi connectivity index (χ2v) is 4.31. The van der Waals surface area contributed by atoms with Crippen molar-refractivity contribution in [3.8, 4) is 0 Å². The molecular formula is C10H19N3OS. The number of amides is 1. The van der Waals surface area contributed by atoms with E-state index in [9.17, 15) is 4.79 Å². The van der Waals surface area contributed by atoms with Gasteiger partial charge in [-0.15, -0.1) is 0 Å². The quantitative estimate of drug-likeness (QED) is 0.602. The third kappa shape index (κ3) is 4.97. The van der Waals surface area contributed by atoms with Gasteiger partial charge >= 0.3 is 0 Å². The molecule has 1 fully saturated rings. The lowest BCUT2D eigenvalue weighted by atomic mass is 10.3.